The Hall–Kier alpha value is -0.943. The molecule has 0 N–H and O–H groups in total. The third kappa shape index (κ3) is 3.26. The summed E-state index contributed by atoms with van der Waals surface area (Å²) < 4.78 is 11.3. The van der Waals surface area contributed by atoms with Crippen molar-refractivity contribution in [2.45, 2.75) is 52.4 Å². The SMILES string of the molecule is Cc1nc(C=O)oc1CO[Si](C)(C)C(C)(C)C. The van der Waals surface area contributed by atoms with Gasteiger partial charge in [0, 0.05) is 0 Å². The maximum Gasteiger partial charge on any atom is 0.260 e. The van der Waals surface area contributed by atoms with Gasteiger partial charge in [0.2, 0.25) is 6.29 Å². The highest BCUT2D eigenvalue weighted by molar-refractivity contribution is 6.74. The Morgan fingerprint density at radius 2 is 2.00 bits per heavy atom. The number of oxazole rings is 1. The monoisotopic (exact) mass is 255 g/mol. The van der Waals surface area contributed by atoms with Crippen molar-refractivity contribution >= 4 is 14.6 Å². The van der Waals surface area contributed by atoms with Crippen molar-refractivity contribution in [3.8, 4) is 0 Å². The van der Waals surface area contributed by atoms with Crippen LogP contribution in [0, 0.1) is 6.92 Å². The molecule has 0 bridgehead atoms. The van der Waals surface area contributed by atoms with E-state index in [1.165, 1.54) is 0 Å². The summed E-state index contributed by atoms with van der Waals surface area (Å²) in [5.41, 5.74) is 0.728. The van der Waals surface area contributed by atoms with Gasteiger partial charge in [0.25, 0.3) is 5.89 Å². The number of hydrogen-bond acceptors (Lipinski definition) is 4. The smallest absolute Gasteiger partial charge is 0.260 e. The van der Waals surface area contributed by atoms with Crippen molar-refractivity contribution in [1.82, 2.24) is 4.98 Å². The summed E-state index contributed by atoms with van der Waals surface area (Å²) in [4.78, 5) is 14.5. The highest BCUT2D eigenvalue weighted by Crippen LogP contribution is 2.37. The first-order valence-corrected chi connectivity index (χ1v) is 8.63. The third-order valence-corrected chi connectivity index (χ3v) is 7.86. The van der Waals surface area contributed by atoms with Crippen molar-refractivity contribution in [1.29, 1.82) is 0 Å². The second-order valence-corrected chi connectivity index (χ2v) is 10.5. The zero-order chi connectivity index (χ0) is 13.3. The Morgan fingerprint density at radius 1 is 1.41 bits per heavy atom. The summed E-state index contributed by atoms with van der Waals surface area (Å²) in [6, 6.07) is 0. The van der Waals surface area contributed by atoms with Gasteiger partial charge in [-0.2, -0.15) is 0 Å². The van der Waals surface area contributed by atoms with Gasteiger partial charge in [-0.1, -0.05) is 20.8 Å². The van der Waals surface area contributed by atoms with Crippen LogP contribution in [-0.4, -0.2) is 19.6 Å². The predicted octanol–water partition coefficient (Wildman–Crippen LogP) is 3.32. The van der Waals surface area contributed by atoms with Gasteiger partial charge in [-0.25, -0.2) is 4.98 Å². The zero-order valence-electron chi connectivity index (χ0n) is 11.5. The molecule has 96 valence electrons. The lowest BCUT2D eigenvalue weighted by molar-refractivity contribution is 0.109. The molecule has 0 saturated heterocycles. The summed E-state index contributed by atoms with van der Waals surface area (Å²) in [6.07, 6.45) is 0.614. The Labute approximate surface area is 104 Å². The quantitative estimate of drug-likeness (QED) is 0.612. The fourth-order valence-electron chi connectivity index (χ4n) is 1.10. The van der Waals surface area contributed by atoms with E-state index < -0.39 is 8.32 Å². The summed E-state index contributed by atoms with van der Waals surface area (Å²) >= 11 is 0. The average Bonchev–Trinajstić information content (AvgIpc) is 2.55. The highest BCUT2D eigenvalue weighted by Gasteiger charge is 2.37. The Morgan fingerprint density at radius 3 is 2.41 bits per heavy atom. The van der Waals surface area contributed by atoms with Crippen molar-refractivity contribution in [2.75, 3.05) is 0 Å². The number of hydrogen-bond donors (Lipinski definition) is 0. The number of nitrogens with zero attached hydrogens (tertiary/aromatic N) is 1. The van der Waals surface area contributed by atoms with Gasteiger partial charge in [0.1, 0.15) is 0 Å². The van der Waals surface area contributed by atoms with Crippen LogP contribution < -0.4 is 0 Å². The summed E-state index contributed by atoms with van der Waals surface area (Å²) in [5.74, 6) is 0.772. The molecule has 5 heteroatoms. The molecular weight excluding hydrogens is 234 g/mol. The van der Waals surface area contributed by atoms with Crippen LogP contribution in [0.3, 0.4) is 0 Å². The molecule has 0 amide bonds. The van der Waals surface area contributed by atoms with E-state index in [1.807, 2.05) is 6.92 Å². The van der Waals surface area contributed by atoms with Gasteiger partial charge in [0.15, 0.2) is 14.1 Å². The molecule has 0 aliphatic rings. The largest absolute Gasteiger partial charge is 0.436 e. The fraction of sp³-hybridized carbons (Fsp3) is 0.667. The molecule has 1 rings (SSSR count). The molecule has 0 atom stereocenters. The van der Waals surface area contributed by atoms with Gasteiger partial charge in [-0.3, -0.25) is 4.79 Å². The second kappa shape index (κ2) is 4.74. The van der Waals surface area contributed by atoms with Crippen LogP contribution in [-0.2, 0) is 11.0 Å². The van der Waals surface area contributed by atoms with Gasteiger partial charge in [0.05, 0.1) is 12.3 Å². The van der Waals surface area contributed by atoms with Crippen LogP contribution in [0.5, 0.6) is 0 Å². The predicted molar refractivity (Wildman–Crippen MR) is 68.6 cm³/mol. The number of carbonyl (C=O) groups excluding carboxylic acids is 1. The molecule has 0 fully saturated rings. The lowest BCUT2D eigenvalue weighted by Crippen LogP contribution is -2.40. The minimum atomic E-state index is -1.79. The fourth-order valence-corrected chi connectivity index (χ4v) is 2.02. The molecule has 1 aromatic heterocycles. The van der Waals surface area contributed by atoms with Crippen molar-refractivity contribution in [2.24, 2.45) is 0 Å². The molecule has 0 aromatic carbocycles. The molecule has 0 unspecified atom stereocenters. The maximum atomic E-state index is 10.5. The summed E-state index contributed by atoms with van der Waals surface area (Å²) in [7, 11) is -1.79. The average molecular weight is 255 g/mol. The van der Waals surface area contributed by atoms with E-state index in [1.54, 1.807) is 0 Å². The van der Waals surface area contributed by atoms with E-state index in [-0.39, 0.29) is 10.9 Å². The van der Waals surface area contributed by atoms with Crippen molar-refractivity contribution in [3.63, 3.8) is 0 Å². The molecular formula is C12H21NO3Si. The van der Waals surface area contributed by atoms with Crippen LogP contribution in [0.2, 0.25) is 18.1 Å². The van der Waals surface area contributed by atoms with E-state index in [4.69, 9.17) is 8.84 Å². The summed E-state index contributed by atoms with van der Waals surface area (Å²) in [5, 5.41) is 0.161. The van der Waals surface area contributed by atoms with E-state index in [9.17, 15) is 4.79 Å². The van der Waals surface area contributed by atoms with E-state index in [0.29, 0.717) is 18.7 Å². The van der Waals surface area contributed by atoms with Gasteiger partial charge >= 0.3 is 0 Å². The van der Waals surface area contributed by atoms with Gasteiger partial charge < -0.3 is 8.84 Å². The van der Waals surface area contributed by atoms with Crippen LogP contribution in [0.1, 0.15) is 42.9 Å². The van der Waals surface area contributed by atoms with Crippen LogP contribution in [0.15, 0.2) is 4.42 Å². The zero-order valence-corrected chi connectivity index (χ0v) is 12.5. The first-order valence-electron chi connectivity index (χ1n) is 5.73. The van der Waals surface area contributed by atoms with Gasteiger partial charge in [-0.15, -0.1) is 0 Å². The third-order valence-electron chi connectivity index (χ3n) is 3.38. The topological polar surface area (TPSA) is 52.3 Å². The molecule has 4 nitrogen and oxygen atoms in total. The number of aldehydes is 1. The normalized spacial score (nSPS) is 12.8. The first-order chi connectivity index (χ1) is 7.67. The van der Waals surface area contributed by atoms with Crippen molar-refractivity contribution in [3.05, 3.63) is 17.3 Å². The lowest BCUT2D eigenvalue weighted by atomic mass is 10.2. The molecule has 0 spiro atoms. The molecule has 0 saturated carbocycles. The number of aryl methyl sites for hydroxylation is 1. The number of rotatable bonds is 4. The Bertz CT molecular complexity index is 404. The molecule has 0 aliphatic heterocycles. The van der Waals surface area contributed by atoms with E-state index >= 15 is 0 Å². The Kier molecular flexibility index (Phi) is 3.94. The van der Waals surface area contributed by atoms with E-state index in [0.717, 1.165) is 5.69 Å². The van der Waals surface area contributed by atoms with Gasteiger partial charge in [-0.05, 0) is 25.1 Å². The molecule has 17 heavy (non-hydrogen) atoms. The molecule has 0 aliphatic carbocycles. The van der Waals surface area contributed by atoms with Crippen LogP contribution >= 0.6 is 0 Å². The number of aromatic nitrogens is 1. The minimum absolute atomic E-state index is 0.122. The molecule has 0 radical (unpaired) electrons. The number of carbonyl (C=O) groups is 1. The first kappa shape index (κ1) is 14.1. The minimum Gasteiger partial charge on any atom is -0.436 e. The van der Waals surface area contributed by atoms with Crippen molar-refractivity contribution < 1.29 is 13.6 Å². The maximum absolute atomic E-state index is 10.5. The van der Waals surface area contributed by atoms with Crippen LogP contribution in [0.4, 0.5) is 0 Å². The molecule has 1 aromatic rings. The molecule has 1 heterocycles. The lowest BCUT2D eigenvalue weighted by Gasteiger charge is -2.35. The standard InChI is InChI=1S/C12H21NO3Si/c1-9-10(16-11(7-14)13-9)8-15-17(5,6)12(2,3)4/h7H,8H2,1-6H3. The Balaban J connectivity index is 2.73. The summed E-state index contributed by atoms with van der Waals surface area (Å²) in [6.45, 7) is 13.1. The van der Waals surface area contributed by atoms with Crippen LogP contribution in [0.25, 0.3) is 0 Å². The second-order valence-electron chi connectivity index (χ2n) is 5.73. The highest BCUT2D eigenvalue weighted by atomic mass is 28.4. The van der Waals surface area contributed by atoms with E-state index in [2.05, 4.69) is 38.8 Å².